The van der Waals surface area contributed by atoms with E-state index in [0.29, 0.717) is 5.56 Å². The first-order valence-corrected chi connectivity index (χ1v) is 10.8. The van der Waals surface area contributed by atoms with Gasteiger partial charge in [0.2, 0.25) is 0 Å². The SMILES string of the molecule is Oc1cc(F)cc2c1-c1ncccc1[Si]2(c1ccccc1)c1ccccc1. The molecule has 0 fully saturated rings. The summed E-state index contributed by atoms with van der Waals surface area (Å²) in [5.41, 5.74) is 1.41. The van der Waals surface area contributed by atoms with Crippen molar-refractivity contribution in [1.82, 2.24) is 4.98 Å². The molecule has 0 spiro atoms. The molecular formula is C23H16FNOSi. The molecule has 4 heteroatoms. The largest absolute Gasteiger partial charge is 0.507 e. The van der Waals surface area contributed by atoms with Crippen LogP contribution in [0.15, 0.2) is 91.1 Å². The van der Waals surface area contributed by atoms with Crippen molar-refractivity contribution in [2.45, 2.75) is 0 Å². The number of pyridine rings is 1. The lowest BCUT2D eigenvalue weighted by Gasteiger charge is -2.30. The number of phenolic OH excluding ortho intramolecular Hbond substituents is 1. The van der Waals surface area contributed by atoms with Crippen molar-refractivity contribution in [1.29, 1.82) is 0 Å². The molecule has 0 amide bonds. The maximum Gasteiger partial charge on any atom is 0.182 e. The highest BCUT2D eigenvalue weighted by Crippen LogP contribution is 2.33. The van der Waals surface area contributed by atoms with Gasteiger partial charge in [-0.25, -0.2) is 4.39 Å². The smallest absolute Gasteiger partial charge is 0.182 e. The minimum atomic E-state index is -2.75. The standard InChI is InChI=1S/C23H16FNOSi/c24-16-14-19(26)22-21(15-16)27(17-8-3-1-4-9-17,18-10-5-2-6-11-18)20-12-7-13-25-23(20)22/h1-15,26H. The second-order valence-corrected chi connectivity index (χ2v) is 10.5. The van der Waals surface area contributed by atoms with Crippen LogP contribution in [-0.2, 0) is 0 Å². The summed E-state index contributed by atoms with van der Waals surface area (Å²) < 4.78 is 14.5. The first-order valence-electron chi connectivity index (χ1n) is 8.83. The highest BCUT2D eigenvalue weighted by Gasteiger charge is 2.50. The Morgan fingerprint density at radius 1 is 0.741 bits per heavy atom. The molecule has 4 aromatic rings. The van der Waals surface area contributed by atoms with Crippen LogP contribution in [0.1, 0.15) is 0 Å². The van der Waals surface area contributed by atoms with Crippen LogP contribution in [0.3, 0.4) is 0 Å². The Bertz CT molecular complexity index is 1110. The Balaban J connectivity index is 2.01. The summed E-state index contributed by atoms with van der Waals surface area (Å²) in [6.45, 7) is 0. The molecule has 0 radical (unpaired) electrons. The summed E-state index contributed by atoms with van der Waals surface area (Å²) in [7, 11) is -2.75. The number of hydrogen-bond donors (Lipinski definition) is 1. The monoisotopic (exact) mass is 369 g/mol. The molecule has 130 valence electrons. The lowest BCUT2D eigenvalue weighted by Crippen LogP contribution is -2.72. The second kappa shape index (κ2) is 5.89. The van der Waals surface area contributed by atoms with Gasteiger partial charge >= 0.3 is 0 Å². The normalized spacial score (nSPS) is 13.8. The predicted molar refractivity (Wildman–Crippen MR) is 108 cm³/mol. The molecule has 1 aliphatic rings. The number of fused-ring (bicyclic) bond motifs is 3. The van der Waals surface area contributed by atoms with Gasteiger partial charge in [-0.3, -0.25) is 4.98 Å². The molecule has 0 unspecified atom stereocenters. The van der Waals surface area contributed by atoms with E-state index in [9.17, 15) is 9.50 Å². The molecule has 1 aromatic heterocycles. The summed E-state index contributed by atoms with van der Waals surface area (Å²) in [5.74, 6) is -0.478. The lowest BCUT2D eigenvalue weighted by atomic mass is 10.1. The third-order valence-corrected chi connectivity index (χ3v) is 10.2. The van der Waals surface area contributed by atoms with E-state index in [1.54, 1.807) is 12.3 Å². The summed E-state index contributed by atoms with van der Waals surface area (Å²) in [4.78, 5) is 4.59. The van der Waals surface area contributed by atoms with Crippen molar-refractivity contribution in [3.05, 3.63) is 96.9 Å². The molecule has 0 saturated heterocycles. The number of phenols is 1. The van der Waals surface area contributed by atoms with Crippen molar-refractivity contribution in [2.24, 2.45) is 0 Å². The Morgan fingerprint density at radius 3 is 2.00 bits per heavy atom. The molecule has 1 aliphatic heterocycles. The zero-order valence-corrected chi connectivity index (χ0v) is 15.4. The van der Waals surface area contributed by atoms with Crippen LogP contribution in [-0.4, -0.2) is 18.2 Å². The summed E-state index contributed by atoms with van der Waals surface area (Å²) in [6.07, 6.45) is 1.73. The Hall–Kier alpha value is -3.24. The molecule has 2 heterocycles. The third-order valence-electron chi connectivity index (χ3n) is 5.35. The molecule has 0 bridgehead atoms. The zero-order chi connectivity index (χ0) is 18.4. The quantitative estimate of drug-likeness (QED) is 0.485. The van der Waals surface area contributed by atoms with Crippen molar-refractivity contribution >= 4 is 28.8 Å². The topological polar surface area (TPSA) is 33.1 Å². The van der Waals surface area contributed by atoms with E-state index in [2.05, 4.69) is 35.3 Å². The van der Waals surface area contributed by atoms with Crippen LogP contribution in [0.2, 0.25) is 0 Å². The van der Waals surface area contributed by atoms with Crippen molar-refractivity contribution < 1.29 is 9.50 Å². The van der Waals surface area contributed by atoms with Crippen LogP contribution < -0.4 is 20.7 Å². The third kappa shape index (κ3) is 2.14. The summed E-state index contributed by atoms with van der Waals surface area (Å²) in [5, 5.41) is 14.9. The van der Waals surface area contributed by atoms with Crippen LogP contribution >= 0.6 is 0 Å². The van der Waals surface area contributed by atoms with Crippen LogP contribution in [0.5, 0.6) is 5.75 Å². The highest BCUT2D eigenvalue weighted by atomic mass is 28.3. The van der Waals surface area contributed by atoms with Gasteiger partial charge in [0.15, 0.2) is 8.07 Å². The number of aromatic hydroxyl groups is 1. The number of halogens is 1. The number of rotatable bonds is 2. The van der Waals surface area contributed by atoms with Gasteiger partial charge in [-0.05, 0) is 32.9 Å². The average Bonchev–Trinajstić information content (AvgIpc) is 3.00. The Kier molecular flexibility index (Phi) is 3.49. The summed E-state index contributed by atoms with van der Waals surface area (Å²) >= 11 is 0. The fourth-order valence-corrected chi connectivity index (χ4v) is 9.47. The van der Waals surface area contributed by atoms with E-state index in [1.165, 1.54) is 6.07 Å². The fraction of sp³-hybridized carbons (Fsp3) is 0. The maximum atomic E-state index is 14.5. The van der Waals surface area contributed by atoms with Crippen molar-refractivity contribution in [2.75, 3.05) is 0 Å². The molecule has 27 heavy (non-hydrogen) atoms. The summed E-state index contributed by atoms with van der Waals surface area (Å²) in [6, 6.07) is 27.2. The first kappa shape index (κ1) is 16.0. The molecule has 3 aromatic carbocycles. The molecule has 0 atom stereocenters. The lowest BCUT2D eigenvalue weighted by molar-refractivity contribution is 0.471. The van der Waals surface area contributed by atoms with Crippen molar-refractivity contribution in [3.63, 3.8) is 0 Å². The minimum Gasteiger partial charge on any atom is -0.507 e. The van der Waals surface area contributed by atoms with Crippen LogP contribution in [0.25, 0.3) is 11.3 Å². The van der Waals surface area contributed by atoms with E-state index >= 15 is 0 Å². The van der Waals surface area contributed by atoms with Gasteiger partial charge in [-0.15, -0.1) is 0 Å². The van der Waals surface area contributed by atoms with Crippen LogP contribution in [0, 0.1) is 5.82 Å². The Labute approximate surface area is 157 Å². The fourth-order valence-electron chi connectivity index (χ4n) is 4.35. The predicted octanol–water partition coefficient (Wildman–Crippen LogP) is 2.28. The van der Waals surface area contributed by atoms with Gasteiger partial charge in [-0.2, -0.15) is 0 Å². The molecular weight excluding hydrogens is 353 g/mol. The minimum absolute atomic E-state index is 0.0498. The maximum absolute atomic E-state index is 14.5. The molecule has 2 nitrogen and oxygen atoms in total. The number of hydrogen-bond acceptors (Lipinski definition) is 2. The average molecular weight is 369 g/mol. The van der Waals surface area contributed by atoms with E-state index < -0.39 is 13.9 Å². The van der Waals surface area contributed by atoms with Crippen LogP contribution in [0.4, 0.5) is 4.39 Å². The molecule has 5 rings (SSSR count). The number of benzene rings is 3. The molecule has 1 N–H and O–H groups in total. The van der Waals surface area contributed by atoms with Crippen molar-refractivity contribution in [3.8, 4) is 17.0 Å². The van der Waals surface area contributed by atoms with Gasteiger partial charge in [0.25, 0.3) is 0 Å². The van der Waals surface area contributed by atoms with E-state index in [-0.39, 0.29) is 5.75 Å². The van der Waals surface area contributed by atoms with Gasteiger partial charge in [0.05, 0.1) is 5.69 Å². The first-order chi connectivity index (χ1) is 13.2. The van der Waals surface area contributed by atoms with Gasteiger partial charge in [0, 0.05) is 17.8 Å². The second-order valence-electron chi connectivity index (χ2n) is 6.73. The Morgan fingerprint density at radius 2 is 1.37 bits per heavy atom. The zero-order valence-electron chi connectivity index (χ0n) is 14.4. The van der Waals surface area contributed by atoms with E-state index in [4.69, 9.17) is 0 Å². The van der Waals surface area contributed by atoms with E-state index in [0.717, 1.165) is 26.4 Å². The molecule has 0 saturated carbocycles. The van der Waals surface area contributed by atoms with Gasteiger partial charge < -0.3 is 5.11 Å². The van der Waals surface area contributed by atoms with Gasteiger partial charge in [-0.1, -0.05) is 66.7 Å². The highest BCUT2D eigenvalue weighted by molar-refractivity contribution is 7.22. The van der Waals surface area contributed by atoms with E-state index in [1.807, 2.05) is 42.5 Å². The molecule has 0 aliphatic carbocycles. The van der Waals surface area contributed by atoms with Gasteiger partial charge in [0.1, 0.15) is 11.6 Å². The number of aromatic nitrogens is 1. The number of nitrogens with zero attached hydrogens (tertiary/aromatic N) is 1.